The highest BCUT2D eigenvalue weighted by Crippen LogP contribution is 2.44. The van der Waals surface area contributed by atoms with Crippen LogP contribution in [0.5, 0.6) is 5.75 Å². The van der Waals surface area contributed by atoms with Crippen LogP contribution < -0.4 is 40.2 Å². The summed E-state index contributed by atoms with van der Waals surface area (Å²) in [6.07, 6.45) is 3.74. The first kappa shape index (κ1) is 32.9. The molecular weight excluding hydrogens is 586 g/mol. The van der Waals surface area contributed by atoms with E-state index in [4.69, 9.17) is 4.74 Å². The molecule has 1 spiro atoms. The highest BCUT2D eigenvalue weighted by Gasteiger charge is 2.57. The van der Waals surface area contributed by atoms with Crippen molar-refractivity contribution >= 4 is 5.91 Å². The molecule has 232 valence electrons. The smallest absolute Gasteiger partial charge is 0.422 e. The largest absolute Gasteiger partial charge is 1.00 e. The number of hydrogen-bond donors (Lipinski definition) is 2. The maximum absolute atomic E-state index is 14.6. The Balaban J connectivity index is 0.00000202. The fraction of sp³-hybridized carbons (Fsp3) is 0.594. The van der Waals surface area contributed by atoms with Gasteiger partial charge in [0.2, 0.25) is 5.91 Å². The van der Waals surface area contributed by atoms with Crippen molar-refractivity contribution in [3.05, 3.63) is 65.2 Å². The van der Waals surface area contributed by atoms with Crippen LogP contribution in [0.3, 0.4) is 0 Å². The Bertz CT molecular complexity index is 1200. The Morgan fingerprint density at radius 2 is 1.69 bits per heavy atom. The minimum atomic E-state index is -4.39. The number of piperidine rings is 1. The molecule has 4 atom stereocenters. The van der Waals surface area contributed by atoms with E-state index in [2.05, 4.69) is 45.9 Å². The lowest BCUT2D eigenvalue weighted by Crippen LogP contribution is -3.00. The van der Waals surface area contributed by atoms with Crippen LogP contribution in [0.25, 0.3) is 0 Å². The Hall–Kier alpha value is -2.00. The lowest BCUT2D eigenvalue weighted by molar-refractivity contribution is -0.691. The van der Waals surface area contributed by atoms with Crippen LogP contribution in [0.2, 0.25) is 0 Å². The van der Waals surface area contributed by atoms with Gasteiger partial charge in [-0.15, -0.1) is 0 Å². The lowest BCUT2D eigenvalue weighted by Gasteiger charge is -2.47. The summed E-state index contributed by atoms with van der Waals surface area (Å²) in [5.74, 6) is 1.36. The van der Waals surface area contributed by atoms with Crippen LogP contribution in [0, 0.1) is 11.8 Å². The fourth-order valence-electron chi connectivity index (χ4n) is 8.32. The first-order chi connectivity index (χ1) is 19.4. The summed E-state index contributed by atoms with van der Waals surface area (Å²) in [5, 5.41) is 4.39. The van der Waals surface area contributed by atoms with E-state index in [1.807, 2.05) is 6.07 Å². The van der Waals surface area contributed by atoms with Gasteiger partial charge in [0, 0.05) is 12.6 Å². The summed E-state index contributed by atoms with van der Waals surface area (Å²) < 4.78 is 44.2. The van der Waals surface area contributed by atoms with Gasteiger partial charge in [-0.3, -0.25) is 4.79 Å². The van der Waals surface area contributed by atoms with Gasteiger partial charge in [0.05, 0.1) is 25.2 Å². The molecule has 3 aliphatic heterocycles. The zero-order valence-electron chi connectivity index (χ0n) is 23.9. The van der Waals surface area contributed by atoms with E-state index in [-0.39, 0.29) is 42.7 Å². The lowest BCUT2D eigenvalue weighted by atomic mass is 9.67. The van der Waals surface area contributed by atoms with Crippen molar-refractivity contribution in [3.8, 4) is 5.75 Å². The highest BCUT2D eigenvalue weighted by atomic mass is 35.5. The van der Waals surface area contributed by atoms with Crippen molar-refractivity contribution in [3.63, 3.8) is 0 Å². The molecule has 5 nitrogen and oxygen atoms in total. The molecule has 0 aromatic heterocycles. The molecule has 10 heteroatoms. The molecule has 2 aromatic rings. The maximum atomic E-state index is 14.6. The Kier molecular flexibility index (Phi) is 10.8. The number of carbonyl (C=O) groups excluding carboxylic acids is 1. The van der Waals surface area contributed by atoms with E-state index in [1.165, 1.54) is 37.7 Å². The van der Waals surface area contributed by atoms with Crippen LogP contribution >= 0.6 is 0 Å². The Morgan fingerprint density at radius 1 is 0.952 bits per heavy atom. The van der Waals surface area contributed by atoms with E-state index >= 15 is 0 Å². The SMILES string of the molecule is O=C([C@@H]1C[NH2+]C[C@]12C[NH2+]Cc1c(OCC(F)(F)F)cccc12)N1CC[C@@H](c2ccccc2)C[C@H]1C1CCCCC1.[Cl-].[Cl-]. The standard InChI is InChI=1S/C32H40F3N3O2.2ClH/c33-32(34,35)21-40-29-13-7-12-26-25(29)17-36-19-31(26)20-37-18-27(31)30(39)38-15-14-24(22-8-3-1-4-9-22)16-28(38)23-10-5-2-6-11-23;;/h1,3-4,7-9,12-13,23-24,27-28,36-37H,2,5-6,10-11,14-21H2;2*1H/t24-,27+,28+,31+;;/m1../s1. The molecule has 1 amide bonds. The molecular formula is C32H42Cl2F3N3O2. The molecule has 2 aromatic carbocycles. The number of halogens is 5. The van der Waals surface area contributed by atoms with Gasteiger partial charge in [-0.2, -0.15) is 13.2 Å². The second kappa shape index (κ2) is 13.7. The van der Waals surface area contributed by atoms with Gasteiger partial charge < -0.3 is 45.1 Å². The molecule has 3 fully saturated rings. The number of likely N-dealkylation sites (tertiary alicyclic amines) is 1. The summed E-state index contributed by atoms with van der Waals surface area (Å²) in [5.41, 5.74) is 2.80. The number of ether oxygens (including phenoxy) is 1. The van der Waals surface area contributed by atoms with Gasteiger partial charge in [0.15, 0.2) is 6.61 Å². The highest BCUT2D eigenvalue weighted by molar-refractivity contribution is 5.82. The number of hydrogen-bond acceptors (Lipinski definition) is 2. The van der Waals surface area contributed by atoms with Gasteiger partial charge in [-0.05, 0) is 54.7 Å². The maximum Gasteiger partial charge on any atom is 0.422 e. The van der Waals surface area contributed by atoms with Crippen molar-refractivity contribution in [2.45, 2.75) is 75.0 Å². The van der Waals surface area contributed by atoms with Crippen molar-refractivity contribution in [1.82, 2.24) is 4.90 Å². The number of nitrogens with zero attached hydrogens (tertiary/aromatic N) is 1. The third-order valence-electron chi connectivity index (χ3n) is 10.2. The van der Waals surface area contributed by atoms with Crippen LogP contribution in [0.1, 0.15) is 67.6 Å². The predicted molar refractivity (Wildman–Crippen MR) is 146 cm³/mol. The van der Waals surface area contributed by atoms with Gasteiger partial charge in [-0.1, -0.05) is 61.7 Å². The molecule has 4 N–H and O–H groups in total. The normalized spacial score (nSPS) is 28.0. The number of fused-ring (bicyclic) bond motifs is 2. The van der Waals surface area contributed by atoms with Crippen LogP contribution in [-0.2, 0) is 16.8 Å². The van der Waals surface area contributed by atoms with Crippen LogP contribution in [0.15, 0.2) is 48.5 Å². The van der Waals surface area contributed by atoms with Gasteiger partial charge in [0.25, 0.3) is 0 Å². The van der Waals surface area contributed by atoms with E-state index in [1.54, 1.807) is 12.1 Å². The summed E-state index contributed by atoms with van der Waals surface area (Å²) in [6, 6.07) is 16.5. The van der Waals surface area contributed by atoms with Gasteiger partial charge in [0.1, 0.15) is 23.6 Å². The molecule has 2 saturated heterocycles. The van der Waals surface area contributed by atoms with Crippen molar-refractivity contribution < 1.29 is 58.2 Å². The molecule has 3 heterocycles. The summed E-state index contributed by atoms with van der Waals surface area (Å²) in [7, 11) is 0. The van der Waals surface area contributed by atoms with Crippen molar-refractivity contribution in [1.29, 1.82) is 0 Å². The molecule has 0 radical (unpaired) electrons. The summed E-state index contributed by atoms with van der Waals surface area (Å²) in [4.78, 5) is 16.9. The minimum Gasteiger partial charge on any atom is -1.00 e. The minimum absolute atomic E-state index is 0. The molecule has 1 saturated carbocycles. The molecule has 0 bridgehead atoms. The van der Waals surface area contributed by atoms with Crippen molar-refractivity contribution in [2.24, 2.45) is 11.8 Å². The van der Waals surface area contributed by atoms with Crippen LogP contribution in [0.4, 0.5) is 13.2 Å². The average Bonchev–Trinajstić information content (AvgIpc) is 3.40. The zero-order chi connectivity index (χ0) is 27.7. The number of benzene rings is 2. The summed E-state index contributed by atoms with van der Waals surface area (Å²) >= 11 is 0. The second-order valence-electron chi connectivity index (χ2n) is 12.4. The number of carbonyl (C=O) groups is 1. The molecule has 42 heavy (non-hydrogen) atoms. The van der Waals surface area contributed by atoms with Gasteiger partial charge in [-0.25, -0.2) is 0 Å². The number of rotatable bonds is 5. The predicted octanol–water partition coefficient (Wildman–Crippen LogP) is -2.50. The average molecular weight is 629 g/mol. The van der Waals surface area contributed by atoms with Crippen molar-refractivity contribution in [2.75, 3.05) is 32.8 Å². The first-order valence-electron chi connectivity index (χ1n) is 15.2. The Morgan fingerprint density at radius 3 is 2.43 bits per heavy atom. The third kappa shape index (κ3) is 6.57. The fourth-order valence-corrected chi connectivity index (χ4v) is 8.32. The van der Waals surface area contributed by atoms with E-state index in [0.29, 0.717) is 24.1 Å². The quantitative estimate of drug-likeness (QED) is 0.385. The van der Waals surface area contributed by atoms with Gasteiger partial charge >= 0.3 is 6.18 Å². The number of quaternary nitrogens is 2. The van der Waals surface area contributed by atoms with E-state index in [9.17, 15) is 18.0 Å². The second-order valence-corrected chi connectivity index (χ2v) is 12.4. The molecule has 6 rings (SSSR count). The summed E-state index contributed by atoms with van der Waals surface area (Å²) in [6.45, 7) is 2.30. The first-order valence-corrected chi connectivity index (χ1v) is 15.2. The number of nitrogens with two attached hydrogens (primary N) is 2. The number of amides is 1. The number of alkyl halides is 3. The Labute approximate surface area is 259 Å². The molecule has 1 aliphatic carbocycles. The third-order valence-corrected chi connectivity index (χ3v) is 10.2. The van der Waals surface area contributed by atoms with Crippen LogP contribution in [-0.4, -0.2) is 55.8 Å². The molecule has 0 unspecified atom stereocenters. The zero-order valence-corrected chi connectivity index (χ0v) is 25.4. The molecule has 4 aliphatic rings. The monoisotopic (exact) mass is 627 g/mol. The van der Waals surface area contributed by atoms with E-state index in [0.717, 1.165) is 50.1 Å². The topological polar surface area (TPSA) is 62.8 Å². The van der Waals surface area contributed by atoms with E-state index < -0.39 is 18.2 Å².